The minimum Gasteiger partial charge on any atom is -0.371 e. The van der Waals surface area contributed by atoms with E-state index in [-0.39, 0.29) is 19.0 Å². The molecule has 0 amide bonds. The van der Waals surface area contributed by atoms with Crippen molar-refractivity contribution in [3.8, 4) is 0 Å². The van der Waals surface area contributed by atoms with E-state index in [1.165, 1.54) is 19.3 Å². The number of hydrogen-bond acceptors (Lipinski definition) is 6. The normalized spacial score (nSPS) is 18.4. The molecule has 0 aromatic heterocycles. The minimum absolute atomic E-state index is 0.168. The Hall–Kier alpha value is -0.240. The molecule has 140 valence electrons. The van der Waals surface area contributed by atoms with E-state index in [0.717, 1.165) is 19.3 Å². The van der Waals surface area contributed by atoms with Crippen molar-refractivity contribution in [2.75, 3.05) is 39.9 Å². The fourth-order valence-corrected chi connectivity index (χ4v) is 3.09. The van der Waals surface area contributed by atoms with Crippen LogP contribution < -0.4 is 11.5 Å². The second kappa shape index (κ2) is 14.1. The largest absolute Gasteiger partial charge is 0.371 e. The van der Waals surface area contributed by atoms with E-state index >= 15 is 0 Å². The van der Waals surface area contributed by atoms with Gasteiger partial charge in [0, 0.05) is 12.0 Å². The summed E-state index contributed by atoms with van der Waals surface area (Å²) in [5.74, 6) is 1.04. The van der Waals surface area contributed by atoms with Crippen LogP contribution in [0.5, 0.6) is 0 Å². The lowest BCUT2D eigenvalue weighted by Crippen LogP contribution is -2.37. The Morgan fingerprint density at radius 2 is 1.61 bits per heavy atom. The lowest BCUT2D eigenvalue weighted by atomic mass is 9.75. The van der Waals surface area contributed by atoms with E-state index in [9.17, 15) is 0 Å². The molecule has 1 rings (SSSR count). The number of aliphatic hydroxyl groups is 2. The van der Waals surface area contributed by atoms with Gasteiger partial charge in [0.05, 0.1) is 13.2 Å². The molecule has 1 atom stereocenters. The molecule has 6 N–H and O–H groups in total. The van der Waals surface area contributed by atoms with Crippen molar-refractivity contribution in [1.29, 1.82) is 0 Å². The first-order chi connectivity index (χ1) is 11.0. The van der Waals surface area contributed by atoms with Crippen LogP contribution in [-0.4, -0.2) is 50.1 Å². The highest BCUT2D eigenvalue weighted by Crippen LogP contribution is 2.35. The standard InChI is InChI=1S/C9H19NO2.C8H19NO2/c10-6-9(7-12-8-11)4-2-1-3-5-9;1-7(2)3-8(4-9)5-11-6-10/h11H,1-8,10H2;7-8,10H,3-6,9H2,1-2H3/t;8-/m.1/s1. The van der Waals surface area contributed by atoms with Gasteiger partial charge in [-0.2, -0.15) is 0 Å². The summed E-state index contributed by atoms with van der Waals surface area (Å²) in [4.78, 5) is 0. The molecule has 6 nitrogen and oxygen atoms in total. The van der Waals surface area contributed by atoms with Gasteiger partial charge in [-0.25, -0.2) is 0 Å². The fraction of sp³-hybridized carbons (Fsp3) is 1.00. The zero-order valence-electron chi connectivity index (χ0n) is 15.0. The molecular weight excluding hydrogens is 296 g/mol. The summed E-state index contributed by atoms with van der Waals surface area (Å²) in [6, 6.07) is 0. The first-order valence-corrected chi connectivity index (χ1v) is 8.81. The molecular formula is C17H38N2O4. The van der Waals surface area contributed by atoms with Crippen molar-refractivity contribution in [2.45, 2.75) is 52.4 Å². The molecule has 1 saturated carbocycles. The number of ether oxygens (including phenoxy) is 2. The maximum atomic E-state index is 8.54. The lowest BCUT2D eigenvalue weighted by Gasteiger charge is -2.35. The summed E-state index contributed by atoms with van der Waals surface area (Å²) in [6.07, 6.45) is 7.21. The van der Waals surface area contributed by atoms with Crippen LogP contribution in [-0.2, 0) is 9.47 Å². The third-order valence-electron chi connectivity index (χ3n) is 4.43. The molecule has 0 aliphatic heterocycles. The Bertz CT molecular complexity index is 259. The zero-order valence-corrected chi connectivity index (χ0v) is 15.0. The summed E-state index contributed by atoms with van der Waals surface area (Å²) in [6.45, 7) is 6.45. The highest BCUT2D eigenvalue weighted by atomic mass is 16.6. The van der Waals surface area contributed by atoms with E-state index in [2.05, 4.69) is 13.8 Å². The Kier molecular flexibility index (Phi) is 14.0. The van der Waals surface area contributed by atoms with E-state index in [0.29, 0.717) is 38.1 Å². The predicted molar refractivity (Wildman–Crippen MR) is 92.6 cm³/mol. The Balaban J connectivity index is 0.000000423. The maximum Gasteiger partial charge on any atom is 0.143 e. The third kappa shape index (κ3) is 11.0. The highest BCUT2D eigenvalue weighted by Gasteiger charge is 2.30. The monoisotopic (exact) mass is 334 g/mol. The smallest absolute Gasteiger partial charge is 0.143 e. The molecule has 0 bridgehead atoms. The van der Waals surface area contributed by atoms with Gasteiger partial charge in [-0.05, 0) is 37.6 Å². The number of rotatable bonds is 10. The SMILES string of the molecule is CC(C)C[C@H](CN)COCO.NCC1(COCO)CCCCC1. The van der Waals surface area contributed by atoms with Gasteiger partial charge in [-0.1, -0.05) is 33.1 Å². The quantitative estimate of drug-likeness (QED) is 0.450. The van der Waals surface area contributed by atoms with Gasteiger partial charge >= 0.3 is 0 Å². The second-order valence-corrected chi connectivity index (χ2v) is 6.97. The molecule has 0 unspecified atom stereocenters. The van der Waals surface area contributed by atoms with Crippen LogP contribution in [0.4, 0.5) is 0 Å². The molecule has 0 saturated heterocycles. The van der Waals surface area contributed by atoms with Crippen LogP contribution in [0.2, 0.25) is 0 Å². The van der Waals surface area contributed by atoms with Crippen LogP contribution in [0, 0.1) is 17.3 Å². The van der Waals surface area contributed by atoms with Gasteiger partial charge in [-0.3, -0.25) is 0 Å². The van der Waals surface area contributed by atoms with Crippen molar-refractivity contribution < 1.29 is 19.7 Å². The fourth-order valence-electron chi connectivity index (χ4n) is 3.09. The molecule has 0 heterocycles. The molecule has 0 aromatic carbocycles. The molecule has 1 aliphatic rings. The van der Waals surface area contributed by atoms with E-state index in [4.69, 9.17) is 31.2 Å². The zero-order chi connectivity index (χ0) is 17.6. The van der Waals surface area contributed by atoms with Crippen LogP contribution in [0.3, 0.4) is 0 Å². The molecule has 23 heavy (non-hydrogen) atoms. The first kappa shape index (κ1) is 22.8. The van der Waals surface area contributed by atoms with Gasteiger partial charge in [0.25, 0.3) is 0 Å². The van der Waals surface area contributed by atoms with Crippen molar-refractivity contribution in [3.63, 3.8) is 0 Å². The lowest BCUT2D eigenvalue weighted by molar-refractivity contribution is -0.0517. The van der Waals surface area contributed by atoms with E-state index in [1.54, 1.807) is 0 Å². The highest BCUT2D eigenvalue weighted by molar-refractivity contribution is 4.83. The summed E-state index contributed by atoms with van der Waals surface area (Å²) in [5, 5.41) is 16.9. The van der Waals surface area contributed by atoms with Crippen LogP contribution >= 0.6 is 0 Å². The van der Waals surface area contributed by atoms with Gasteiger partial charge in [-0.15, -0.1) is 0 Å². The van der Waals surface area contributed by atoms with E-state index in [1.807, 2.05) is 0 Å². The van der Waals surface area contributed by atoms with Crippen LogP contribution in [0.25, 0.3) is 0 Å². The Labute approximate surface area is 141 Å². The molecule has 1 aliphatic carbocycles. The van der Waals surface area contributed by atoms with Crippen molar-refractivity contribution >= 4 is 0 Å². The van der Waals surface area contributed by atoms with Gasteiger partial charge < -0.3 is 31.2 Å². The van der Waals surface area contributed by atoms with Crippen LogP contribution in [0.1, 0.15) is 52.4 Å². The minimum atomic E-state index is -0.200. The number of aliphatic hydroxyl groups excluding tert-OH is 2. The molecule has 1 fully saturated rings. The maximum absolute atomic E-state index is 8.54. The van der Waals surface area contributed by atoms with Crippen molar-refractivity contribution in [2.24, 2.45) is 28.7 Å². The third-order valence-corrected chi connectivity index (χ3v) is 4.43. The average Bonchev–Trinajstić information content (AvgIpc) is 2.58. The number of nitrogens with two attached hydrogens (primary N) is 2. The van der Waals surface area contributed by atoms with Gasteiger partial charge in [0.15, 0.2) is 0 Å². The Morgan fingerprint density at radius 3 is 2.04 bits per heavy atom. The molecule has 0 aromatic rings. The first-order valence-electron chi connectivity index (χ1n) is 8.81. The second-order valence-electron chi connectivity index (χ2n) is 6.97. The predicted octanol–water partition coefficient (Wildman–Crippen LogP) is 1.44. The van der Waals surface area contributed by atoms with E-state index < -0.39 is 0 Å². The van der Waals surface area contributed by atoms with Crippen molar-refractivity contribution in [1.82, 2.24) is 0 Å². The van der Waals surface area contributed by atoms with Gasteiger partial charge in [0.2, 0.25) is 0 Å². The molecule has 0 spiro atoms. The van der Waals surface area contributed by atoms with Gasteiger partial charge in [0.1, 0.15) is 13.6 Å². The summed E-state index contributed by atoms with van der Waals surface area (Å²) < 4.78 is 9.91. The molecule has 0 radical (unpaired) electrons. The Morgan fingerprint density at radius 1 is 1.00 bits per heavy atom. The topological polar surface area (TPSA) is 111 Å². The number of hydrogen-bond donors (Lipinski definition) is 4. The van der Waals surface area contributed by atoms with Crippen molar-refractivity contribution in [3.05, 3.63) is 0 Å². The summed E-state index contributed by atoms with van der Waals surface area (Å²) in [7, 11) is 0. The molecule has 6 heteroatoms. The summed E-state index contributed by atoms with van der Waals surface area (Å²) >= 11 is 0. The summed E-state index contributed by atoms with van der Waals surface area (Å²) in [5.41, 5.74) is 11.4. The van der Waals surface area contributed by atoms with Crippen LogP contribution in [0.15, 0.2) is 0 Å². The average molecular weight is 335 g/mol.